The minimum atomic E-state index is -4.50. The van der Waals surface area contributed by atoms with Gasteiger partial charge < -0.3 is 10.5 Å². The lowest BCUT2D eigenvalue weighted by Gasteiger charge is -2.15. The van der Waals surface area contributed by atoms with Gasteiger partial charge in [-0.05, 0) is 24.1 Å². The Morgan fingerprint density at radius 2 is 1.73 bits per heavy atom. The topological polar surface area (TPSA) is 52.3 Å². The van der Waals surface area contributed by atoms with Crippen molar-refractivity contribution in [2.75, 3.05) is 6.61 Å². The van der Waals surface area contributed by atoms with Crippen molar-refractivity contribution < 1.29 is 22.7 Å². The molecule has 0 heterocycles. The molecule has 0 aliphatic rings. The number of unbranched alkanes of at least 4 members (excludes halogenated alkanes) is 4. The quantitative estimate of drug-likeness (QED) is 0.572. The molecule has 0 aromatic heterocycles. The number of rotatable bonds is 8. The van der Waals surface area contributed by atoms with E-state index in [1.165, 1.54) is 24.3 Å². The van der Waals surface area contributed by atoms with Gasteiger partial charge in [-0.25, -0.2) is 4.79 Å². The van der Waals surface area contributed by atoms with E-state index in [-0.39, 0.29) is 11.1 Å². The molecule has 0 amide bonds. The number of ether oxygens (including phenoxy) is 1. The van der Waals surface area contributed by atoms with E-state index in [1.54, 1.807) is 0 Å². The lowest BCUT2D eigenvalue weighted by atomic mass is 10.1. The van der Waals surface area contributed by atoms with E-state index in [9.17, 15) is 18.0 Å². The fourth-order valence-electron chi connectivity index (χ4n) is 1.97. The molecule has 2 N–H and O–H groups in total. The molecule has 0 bridgehead atoms. The summed E-state index contributed by atoms with van der Waals surface area (Å²) >= 11 is 0. The summed E-state index contributed by atoms with van der Waals surface area (Å²) in [6.45, 7) is 2.45. The van der Waals surface area contributed by atoms with Gasteiger partial charge in [-0.15, -0.1) is 0 Å². The maximum atomic E-state index is 12.5. The van der Waals surface area contributed by atoms with E-state index in [0.29, 0.717) is 6.61 Å². The van der Waals surface area contributed by atoms with E-state index in [0.717, 1.165) is 32.1 Å². The van der Waals surface area contributed by atoms with Crippen LogP contribution in [0.25, 0.3) is 0 Å². The van der Waals surface area contributed by atoms with E-state index in [2.05, 4.69) is 6.92 Å². The molecule has 1 aromatic rings. The summed E-state index contributed by atoms with van der Waals surface area (Å²) in [5.41, 5.74) is 5.24. The van der Waals surface area contributed by atoms with Crippen LogP contribution >= 0.6 is 0 Å². The van der Waals surface area contributed by atoms with Crippen molar-refractivity contribution in [2.45, 2.75) is 51.2 Å². The smallest absolute Gasteiger partial charge is 0.407 e. The number of benzene rings is 1. The van der Waals surface area contributed by atoms with Crippen LogP contribution in [0.15, 0.2) is 24.3 Å². The highest BCUT2D eigenvalue weighted by atomic mass is 19.4. The van der Waals surface area contributed by atoms with Crippen LogP contribution in [0.5, 0.6) is 0 Å². The number of hydrogen-bond donors (Lipinski definition) is 1. The Kier molecular flexibility index (Phi) is 7.38. The van der Waals surface area contributed by atoms with Gasteiger partial charge >= 0.3 is 12.1 Å². The van der Waals surface area contributed by atoms with Crippen LogP contribution in [0.1, 0.15) is 61.0 Å². The van der Waals surface area contributed by atoms with Crippen molar-refractivity contribution in [3.63, 3.8) is 0 Å². The lowest BCUT2D eigenvalue weighted by molar-refractivity contribution is -0.149. The molecule has 1 rings (SSSR count). The van der Waals surface area contributed by atoms with Gasteiger partial charge in [0, 0.05) is 0 Å². The Morgan fingerprint density at radius 1 is 1.14 bits per heavy atom. The minimum absolute atomic E-state index is 0.0800. The van der Waals surface area contributed by atoms with Gasteiger partial charge in [0.05, 0.1) is 12.2 Å². The zero-order valence-electron chi connectivity index (χ0n) is 12.7. The second-order valence-electron chi connectivity index (χ2n) is 5.19. The first-order valence-electron chi connectivity index (χ1n) is 7.45. The predicted octanol–water partition coefficient (Wildman–Crippen LogP) is 4.38. The van der Waals surface area contributed by atoms with Gasteiger partial charge in [-0.2, -0.15) is 13.2 Å². The molecule has 0 fully saturated rings. The van der Waals surface area contributed by atoms with E-state index in [1.807, 2.05) is 0 Å². The maximum Gasteiger partial charge on any atom is 0.407 e. The average Bonchev–Trinajstić information content (AvgIpc) is 2.49. The Balaban J connectivity index is 2.44. The average molecular weight is 317 g/mol. The van der Waals surface area contributed by atoms with Gasteiger partial charge in [0.1, 0.15) is 6.04 Å². The SMILES string of the molecule is CCCCCCCOC(=O)c1ccc([C@@H](N)C(F)(F)F)cc1. The van der Waals surface area contributed by atoms with Gasteiger partial charge in [0.15, 0.2) is 0 Å². The van der Waals surface area contributed by atoms with Gasteiger partial charge in [-0.1, -0.05) is 44.7 Å². The van der Waals surface area contributed by atoms with Crippen molar-refractivity contribution >= 4 is 5.97 Å². The standard InChI is InChI=1S/C16H22F3NO2/c1-2-3-4-5-6-11-22-15(21)13-9-7-12(8-10-13)14(20)16(17,18)19/h7-10,14H,2-6,11,20H2,1H3/t14-/m1/s1. The molecule has 0 spiro atoms. The highest BCUT2D eigenvalue weighted by molar-refractivity contribution is 5.89. The highest BCUT2D eigenvalue weighted by Gasteiger charge is 2.37. The number of esters is 1. The molecule has 0 radical (unpaired) electrons. The molecule has 3 nitrogen and oxygen atoms in total. The van der Waals surface area contributed by atoms with Crippen molar-refractivity contribution in [1.82, 2.24) is 0 Å². The first-order chi connectivity index (χ1) is 10.4. The third-order valence-electron chi connectivity index (χ3n) is 3.34. The Labute approximate surface area is 128 Å². The van der Waals surface area contributed by atoms with Crippen LogP contribution in [0.4, 0.5) is 13.2 Å². The van der Waals surface area contributed by atoms with Gasteiger partial charge in [0.2, 0.25) is 0 Å². The summed E-state index contributed by atoms with van der Waals surface area (Å²) in [5.74, 6) is -0.525. The van der Waals surface area contributed by atoms with Crippen molar-refractivity contribution in [3.05, 3.63) is 35.4 Å². The summed E-state index contributed by atoms with van der Waals surface area (Å²) in [5, 5.41) is 0. The fraction of sp³-hybridized carbons (Fsp3) is 0.562. The van der Waals surface area contributed by atoms with Crippen LogP contribution in [0, 0.1) is 0 Å². The molecule has 0 aliphatic heterocycles. The number of carbonyl (C=O) groups excluding carboxylic acids is 1. The fourth-order valence-corrected chi connectivity index (χ4v) is 1.97. The molecule has 0 saturated carbocycles. The third kappa shape index (κ3) is 6.05. The minimum Gasteiger partial charge on any atom is -0.462 e. The third-order valence-corrected chi connectivity index (χ3v) is 3.34. The molecule has 1 aromatic carbocycles. The molecule has 0 unspecified atom stereocenters. The monoisotopic (exact) mass is 317 g/mol. The normalized spacial score (nSPS) is 13.0. The maximum absolute atomic E-state index is 12.5. The molecule has 0 saturated heterocycles. The number of halogens is 3. The number of carbonyl (C=O) groups is 1. The summed E-state index contributed by atoms with van der Waals surface area (Å²) in [4.78, 5) is 11.7. The van der Waals surface area contributed by atoms with E-state index in [4.69, 9.17) is 10.5 Å². The van der Waals surface area contributed by atoms with Crippen LogP contribution in [0.3, 0.4) is 0 Å². The molecule has 0 aliphatic carbocycles. The summed E-state index contributed by atoms with van der Waals surface area (Å²) in [6, 6.07) is 2.98. The molecule has 22 heavy (non-hydrogen) atoms. The Bertz CT molecular complexity index is 457. The molecular formula is C16H22F3NO2. The van der Waals surface area contributed by atoms with Crippen molar-refractivity contribution in [2.24, 2.45) is 5.73 Å². The Hall–Kier alpha value is -1.56. The van der Waals surface area contributed by atoms with Crippen LogP contribution in [0.2, 0.25) is 0 Å². The summed E-state index contributed by atoms with van der Waals surface area (Å²) in [6.07, 6.45) is 0.711. The Morgan fingerprint density at radius 3 is 2.27 bits per heavy atom. The van der Waals surface area contributed by atoms with Gasteiger partial charge in [-0.3, -0.25) is 0 Å². The van der Waals surface area contributed by atoms with E-state index < -0.39 is 18.2 Å². The zero-order valence-corrected chi connectivity index (χ0v) is 12.7. The molecule has 124 valence electrons. The van der Waals surface area contributed by atoms with Crippen molar-refractivity contribution in [1.29, 1.82) is 0 Å². The highest BCUT2D eigenvalue weighted by Crippen LogP contribution is 2.30. The second kappa shape index (κ2) is 8.78. The largest absolute Gasteiger partial charge is 0.462 e. The molecular weight excluding hydrogens is 295 g/mol. The van der Waals surface area contributed by atoms with Crippen LogP contribution in [-0.4, -0.2) is 18.8 Å². The first kappa shape index (κ1) is 18.5. The number of alkyl halides is 3. The molecule has 1 atom stereocenters. The predicted molar refractivity (Wildman–Crippen MR) is 78.5 cm³/mol. The number of hydrogen-bond acceptors (Lipinski definition) is 3. The first-order valence-corrected chi connectivity index (χ1v) is 7.45. The van der Waals surface area contributed by atoms with Crippen molar-refractivity contribution in [3.8, 4) is 0 Å². The van der Waals surface area contributed by atoms with Crippen LogP contribution < -0.4 is 5.73 Å². The summed E-state index contributed by atoms with van der Waals surface area (Å²) < 4.78 is 42.5. The van der Waals surface area contributed by atoms with Crippen LogP contribution in [-0.2, 0) is 4.74 Å². The lowest BCUT2D eigenvalue weighted by Crippen LogP contribution is -2.28. The zero-order chi connectivity index (χ0) is 16.6. The second-order valence-corrected chi connectivity index (χ2v) is 5.19. The number of nitrogens with two attached hydrogens (primary N) is 1. The summed E-state index contributed by atoms with van der Waals surface area (Å²) in [7, 11) is 0. The molecule has 6 heteroatoms. The van der Waals surface area contributed by atoms with E-state index >= 15 is 0 Å². The van der Waals surface area contributed by atoms with Gasteiger partial charge in [0.25, 0.3) is 0 Å².